The topological polar surface area (TPSA) is 149 Å². The van der Waals surface area contributed by atoms with Gasteiger partial charge in [-0.1, -0.05) is 12.1 Å². The van der Waals surface area contributed by atoms with Crippen LogP contribution in [0.25, 0.3) is 0 Å². The van der Waals surface area contributed by atoms with Crippen LogP contribution < -0.4 is 20.7 Å². The summed E-state index contributed by atoms with van der Waals surface area (Å²) in [5.74, 6) is -1.33. The van der Waals surface area contributed by atoms with E-state index in [9.17, 15) is 24.5 Å². The average Bonchev–Trinajstić information content (AvgIpc) is 2.73. The first-order valence-corrected chi connectivity index (χ1v) is 9.76. The third-order valence-electron chi connectivity index (χ3n) is 3.90. The van der Waals surface area contributed by atoms with Crippen LogP contribution in [0.15, 0.2) is 42.5 Å². The molecule has 11 nitrogen and oxygen atoms in total. The maximum Gasteiger partial charge on any atom is 0.340 e. The first-order valence-electron chi connectivity index (χ1n) is 9.76. The molecule has 0 unspecified atom stereocenters. The van der Waals surface area contributed by atoms with E-state index in [1.165, 1.54) is 30.3 Å². The van der Waals surface area contributed by atoms with Crippen molar-refractivity contribution in [1.82, 2.24) is 5.32 Å². The second-order valence-corrected chi connectivity index (χ2v) is 6.79. The summed E-state index contributed by atoms with van der Waals surface area (Å²) >= 11 is 0. The Hall–Kier alpha value is -4.15. The standard InChI is InChI=1S/C21H24N4O7/c1-4-31-14-9-10-17(18(11-14)25(29)30)23-19(26)12-32-20(27)15-7-5-6-8-16(15)24-21(28)22-13(2)3/h5-11,13H,4,12H2,1-3H3,(H,23,26)(H2,22,24,28). The summed E-state index contributed by atoms with van der Waals surface area (Å²) in [4.78, 5) is 47.1. The van der Waals surface area contributed by atoms with Crippen LogP contribution in [-0.4, -0.2) is 42.1 Å². The van der Waals surface area contributed by atoms with Gasteiger partial charge in [-0.2, -0.15) is 0 Å². The number of carbonyl (C=O) groups is 3. The van der Waals surface area contributed by atoms with Gasteiger partial charge in [0.2, 0.25) is 0 Å². The van der Waals surface area contributed by atoms with Gasteiger partial charge in [-0.3, -0.25) is 14.9 Å². The minimum Gasteiger partial charge on any atom is -0.494 e. The molecule has 0 radical (unpaired) electrons. The maximum atomic E-state index is 12.4. The molecule has 11 heteroatoms. The summed E-state index contributed by atoms with van der Waals surface area (Å²) in [6, 6.07) is 9.53. The Kier molecular flexibility index (Phi) is 8.52. The van der Waals surface area contributed by atoms with Crippen LogP contribution >= 0.6 is 0 Å². The number of carbonyl (C=O) groups excluding carboxylic acids is 3. The highest BCUT2D eigenvalue weighted by molar-refractivity contribution is 6.02. The molecule has 0 spiro atoms. The number of hydrogen-bond acceptors (Lipinski definition) is 7. The number of para-hydroxylation sites is 1. The Bertz CT molecular complexity index is 1010. The second-order valence-electron chi connectivity index (χ2n) is 6.79. The summed E-state index contributed by atoms with van der Waals surface area (Å²) in [5.41, 5.74) is -0.169. The fourth-order valence-electron chi connectivity index (χ4n) is 2.61. The number of ether oxygens (including phenoxy) is 2. The molecule has 0 saturated heterocycles. The number of nitro benzene ring substituents is 1. The smallest absolute Gasteiger partial charge is 0.340 e. The van der Waals surface area contributed by atoms with Gasteiger partial charge in [0, 0.05) is 6.04 Å². The molecule has 0 aliphatic carbocycles. The van der Waals surface area contributed by atoms with Gasteiger partial charge in [-0.15, -0.1) is 0 Å². The number of nitrogens with one attached hydrogen (secondary N) is 3. The summed E-state index contributed by atoms with van der Waals surface area (Å²) < 4.78 is 10.2. The van der Waals surface area contributed by atoms with Gasteiger partial charge >= 0.3 is 12.0 Å². The van der Waals surface area contributed by atoms with Gasteiger partial charge in [-0.05, 0) is 45.0 Å². The largest absolute Gasteiger partial charge is 0.494 e. The molecule has 3 amide bonds. The first-order chi connectivity index (χ1) is 15.2. The fourth-order valence-corrected chi connectivity index (χ4v) is 2.61. The number of nitrogens with zero attached hydrogens (tertiary/aromatic N) is 1. The molecule has 0 bridgehead atoms. The van der Waals surface area contributed by atoms with Gasteiger partial charge in [0.15, 0.2) is 6.61 Å². The molecular weight excluding hydrogens is 420 g/mol. The van der Waals surface area contributed by atoms with Gasteiger partial charge in [0.25, 0.3) is 11.6 Å². The number of esters is 1. The van der Waals surface area contributed by atoms with Crippen molar-refractivity contribution in [2.24, 2.45) is 0 Å². The van der Waals surface area contributed by atoms with E-state index in [1.54, 1.807) is 32.9 Å². The highest BCUT2D eigenvalue weighted by Gasteiger charge is 2.20. The summed E-state index contributed by atoms with van der Waals surface area (Å²) in [7, 11) is 0. The molecule has 0 aliphatic heterocycles. The van der Waals surface area contributed by atoms with E-state index < -0.39 is 29.4 Å². The molecule has 0 heterocycles. The second kappa shape index (κ2) is 11.3. The normalized spacial score (nSPS) is 10.2. The van der Waals surface area contributed by atoms with Crippen LogP contribution in [-0.2, 0) is 9.53 Å². The number of urea groups is 1. The van der Waals surface area contributed by atoms with Crippen LogP contribution in [0.5, 0.6) is 5.75 Å². The molecule has 2 aromatic rings. The summed E-state index contributed by atoms with van der Waals surface area (Å²) in [6.07, 6.45) is 0. The zero-order valence-corrected chi connectivity index (χ0v) is 17.8. The number of rotatable bonds is 9. The molecule has 32 heavy (non-hydrogen) atoms. The van der Waals surface area contributed by atoms with Gasteiger partial charge in [0.1, 0.15) is 11.4 Å². The van der Waals surface area contributed by atoms with E-state index in [1.807, 2.05) is 0 Å². The number of nitro groups is 1. The van der Waals surface area contributed by atoms with Gasteiger partial charge in [0.05, 0.1) is 28.8 Å². The zero-order chi connectivity index (χ0) is 23.7. The predicted octanol–water partition coefficient (Wildman–Crippen LogP) is 3.32. The third-order valence-corrected chi connectivity index (χ3v) is 3.90. The van der Waals surface area contributed by atoms with Crippen LogP contribution in [0.4, 0.5) is 21.9 Å². The third kappa shape index (κ3) is 6.97. The zero-order valence-electron chi connectivity index (χ0n) is 17.8. The van der Waals surface area contributed by atoms with E-state index in [0.717, 1.165) is 0 Å². The number of amides is 3. The maximum absolute atomic E-state index is 12.4. The summed E-state index contributed by atoms with van der Waals surface area (Å²) in [5, 5.41) is 18.8. The molecule has 0 aromatic heterocycles. The van der Waals surface area contributed by atoms with Crippen molar-refractivity contribution in [3.63, 3.8) is 0 Å². The molecule has 0 atom stereocenters. The highest BCUT2D eigenvalue weighted by Crippen LogP contribution is 2.29. The lowest BCUT2D eigenvalue weighted by Gasteiger charge is -2.13. The number of anilines is 2. The van der Waals surface area contributed by atoms with Crippen LogP contribution in [0.2, 0.25) is 0 Å². The van der Waals surface area contributed by atoms with Crippen LogP contribution in [0.1, 0.15) is 31.1 Å². The van der Waals surface area contributed by atoms with E-state index in [2.05, 4.69) is 16.0 Å². The van der Waals surface area contributed by atoms with E-state index in [4.69, 9.17) is 9.47 Å². The molecular formula is C21H24N4O7. The SMILES string of the molecule is CCOc1ccc(NC(=O)COC(=O)c2ccccc2NC(=O)NC(C)C)c([N+](=O)[O-])c1. The van der Waals surface area contributed by atoms with Crippen molar-refractivity contribution in [3.05, 3.63) is 58.1 Å². The molecule has 0 aliphatic rings. The Balaban J connectivity index is 2.03. The quantitative estimate of drug-likeness (QED) is 0.305. The van der Waals surface area contributed by atoms with Crippen molar-refractivity contribution in [1.29, 1.82) is 0 Å². The Morgan fingerprint density at radius 3 is 2.44 bits per heavy atom. The minimum atomic E-state index is -0.846. The van der Waals surface area contributed by atoms with Crippen molar-refractivity contribution in [3.8, 4) is 5.75 Å². The monoisotopic (exact) mass is 444 g/mol. The molecule has 0 saturated carbocycles. The number of hydrogen-bond donors (Lipinski definition) is 3. The van der Waals surface area contributed by atoms with Crippen molar-refractivity contribution >= 4 is 35.0 Å². The molecule has 0 fully saturated rings. The Morgan fingerprint density at radius 2 is 1.78 bits per heavy atom. The highest BCUT2D eigenvalue weighted by atomic mass is 16.6. The van der Waals surface area contributed by atoms with E-state index >= 15 is 0 Å². The van der Waals surface area contributed by atoms with Crippen molar-refractivity contribution in [2.75, 3.05) is 23.8 Å². The Labute approximate surface area is 184 Å². The lowest BCUT2D eigenvalue weighted by molar-refractivity contribution is -0.384. The lowest BCUT2D eigenvalue weighted by atomic mass is 10.2. The van der Waals surface area contributed by atoms with E-state index in [-0.39, 0.29) is 34.4 Å². The Morgan fingerprint density at radius 1 is 1.06 bits per heavy atom. The minimum absolute atomic E-state index is 0.0475. The van der Waals surface area contributed by atoms with Crippen LogP contribution in [0, 0.1) is 10.1 Å². The van der Waals surface area contributed by atoms with Gasteiger partial charge < -0.3 is 25.4 Å². The number of benzene rings is 2. The summed E-state index contributed by atoms with van der Waals surface area (Å²) in [6.45, 7) is 4.95. The molecule has 170 valence electrons. The molecule has 2 aromatic carbocycles. The van der Waals surface area contributed by atoms with E-state index in [0.29, 0.717) is 6.61 Å². The van der Waals surface area contributed by atoms with Gasteiger partial charge in [-0.25, -0.2) is 9.59 Å². The molecule has 3 N–H and O–H groups in total. The lowest BCUT2D eigenvalue weighted by Crippen LogP contribution is -2.34. The fraction of sp³-hybridized carbons (Fsp3) is 0.286. The average molecular weight is 444 g/mol. The predicted molar refractivity (Wildman–Crippen MR) is 117 cm³/mol. The first kappa shape index (κ1) is 24.1. The molecule has 2 rings (SSSR count). The van der Waals surface area contributed by atoms with Crippen molar-refractivity contribution < 1.29 is 28.8 Å². The van der Waals surface area contributed by atoms with Crippen molar-refractivity contribution in [2.45, 2.75) is 26.8 Å². The van der Waals surface area contributed by atoms with Crippen LogP contribution in [0.3, 0.4) is 0 Å².